The van der Waals surface area contributed by atoms with E-state index in [2.05, 4.69) is 10.3 Å². The van der Waals surface area contributed by atoms with E-state index in [9.17, 15) is 22.8 Å². The molecule has 5 rings (SSSR count). The fourth-order valence-electron chi connectivity index (χ4n) is 7.20. The van der Waals surface area contributed by atoms with Crippen LogP contribution in [0.25, 0.3) is 16.7 Å². The van der Waals surface area contributed by atoms with Crippen LogP contribution in [0.4, 0.5) is 10.7 Å². The third kappa shape index (κ3) is 10.9. The summed E-state index contributed by atoms with van der Waals surface area (Å²) < 4.78 is 42.2. The van der Waals surface area contributed by atoms with Gasteiger partial charge in [-0.05, 0) is 83.1 Å². The summed E-state index contributed by atoms with van der Waals surface area (Å²) in [5, 5.41) is 4.38. The van der Waals surface area contributed by atoms with Crippen molar-refractivity contribution in [2.75, 3.05) is 44.1 Å². The average Bonchev–Trinajstić information content (AvgIpc) is 3.54. The first kappa shape index (κ1) is 40.8. The Kier molecular flexibility index (Phi) is 13.1. The lowest BCUT2D eigenvalue weighted by Crippen LogP contribution is -2.50. The smallest absolute Gasteiger partial charge is 0.410 e. The molecule has 0 bridgehead atoms. The van der Waals surface area contributed by atoms with Crippen LogP contribution in [-0.4, -0.2) is 113 Å². The number of aromatic nitrogens is 3. The molecule has 2 amide bonds. The molecule has 1 aliphatic carbocycles. The van der Waals surface area contributed by atoms with E-state index < -0.39 is 33.5 Å². The van der Waals surface area contributed by atoms with Gasteiger partial charge in [-0.25, -0.2) is 23.0 Å². The number of anilines is 1. The van der Waals surface area contributed by atoms with E-state index >= 15 is 0 Å². The van der Waals surface area contributed by atoms with Gasteiger partial charge in [-0.1, -0.05) is 19.9 Å². The topological polar surface area (TPSA) is 162 Å². The van der Waals surface area contributed by atoms with Crippen LogP contribution in [0.2, 0.25) is 0 Å². The zero-order valence-corrected chi connectivity index (χ0v) is 33.4. The van der Waals surface area contributed by atoms with Crippen LogP contribution in [-0.2, 0) is 28.9 Å². The number of esters is 1. The number of fused-ring (bicyclic) bond motifs is 1. The SMILES string of the molecule is CC(C)[C@H](C(=O)OC1CCN(C(=O)[C@H]2CC[C@H](Nc3nccc(-n4ccc5c(OCCCS(C)(=O)=O)cccc54)n3)CC2)CC1)N(C)C(=O)OC(C)(C)C. The van der Waals surface area contributed by atoms with Crippen LogP contribution >= 0.6 is 0 Å². The molecule has 1 aliphatic heterocycles. The minimum absolute atomic E-state index is 0.0590. The van der Waals surface area contributed by atoms with Crippen molar-refractivity contribution in [3.8, 4) is 11.6 Å². The second kappa shape index (κ2) is 17.4. The first-order valence-electron chi connectivity index (χ1n) is 18.9. The number of rotatable bonds is 13. The summed E-state index contributed by atoms with van der Waals surface area (Å²) in [5.41, 5.74) is 0.231. The largest absolute Gasteiger partial charge is 0.493 e. The Morgan fingerprint density at radius 2 is 1.72 bits per heavy atom. The molecule has 0 spiro atoms. The Balaban J connectivity index is 1.09. The van der Waals surface area contributed by atoms with Gasteiger partial charge in [0.2, 0.25) is 11.9 Å². The molecule has 3 heterocycles. The Morgan fingerprint density at radius 3 is 2.37 bits per heavy atom. The Labute approximate surface area is 318 Å². The summed E-state index contributed by atoms with van der Waals surface area (Å²) in [6.45, 7) is 10.4. The quantitative estimate of drug-likeness (QED) is 0.169. The van der Waals surface area contributed by atoms with Crippen molar-refractivity contribution in [3.63, 3.8) is 0 Å². The minimum Gasteiger partial charge on any atom is -0.493 e. The molecular weight excluding hydrogens is 713 g/mol. The lowest BCUT2D eigenvalue weighted by atomic mass is 9.85. The number of nitrogens with one attached hydrogen (secondary N) is 1. The number of ether oxygens (including phenoxy) is 3. The summed E-state index contributed by atoms with van der Waals surface area (Å²) in [7, 11) is -1.48. The number of nitrogens with zero attached hydrogens (tertiary/aromatic N) is 5. The van der Waals surface area contributed by atoms with Crippen LogP contribution in [0.15, 0.2) is 42.7 Å². The third-order valence-corrected chi connectivity index (χ3v) is 10.9. The lowest BCUT2D eigenvalue weighted by Gasteiger charge is -2.37. The van der Waals surface area contributed by atoms with E-state index in [1.54, 1.807) is 34.0 Å². The molecule has 2 aliphatic rings. The molecule has 3 aromatic rings. The molecule has 1 aromatic carbocycles. The van der Waals surface area contributed by atoms with Crippen molar-refractivity contribution < 1.29 is 37.0 Å². The standard InChI is InChI=1S/C39H56N6O8S/c1-26(2)34(43(6)38(48)53-39(3,4)5)36(47)52-29-17-21-44(22-18-29)35(46)27-12-14-28(15-13-27)41-37-40-20-16-33(42-37)45-23-19-30-31(45)10-8-11-32(30)51-24-9-25-54(7,49)50/h8,10-11,16,19-20,23,26-29,34H,9,12-15,17-18,21-22,24-25H2,1-7H3,(H,40,41,42)/t27-,28-,34-/m1/s1. The molecule has 15 heteroatoms. The zero-order valence-electron chi connectivity index (χ0n) is 32.6. The van der Waals surface area contributed by atoms with Crippen LogP contribution < -0.4 is 10.1 Å². The minimum atomic E-state index is -3.04. The zero-order chi connectivity index (χ0) is 39.2. The van der Waals surface area contributed by atoms with Gasteiger partial charge >= 0.3 is 12.1 Å². The van der Waals surface area contributed by atoms with E-state index in [1.165, 1.54) is 11.2 Å². The lowest BCUT2D eigenvalue weighted by molar-refractivity contribution is -0.159. The van der Waals surface area contributed by atoms with Gasteiger partial charge in [-0.3, -0.25) is 9.69 Å². The number of hydrogen-bond acceptors (Lipinski definition) is 11. The Morgan fingerprint density at radius 1 is 1.02 bits per heavy atom. The van der Waals surface area contributed by atoms with Crippen molar-refractivity contribution in [3.05, 3.63) is 42.7 Å². The number of likely N-dealkylation sites (N-methyl/N-ethyl adjacent to an activating group) is 1. The van der Waals surface area contributed by atoms with Crippen molar-refractivity contribution in [2.24, 2.45) is 11.8 Å². The van der Waals surface area contributed by atoms with Crippen LogP contribution in [0, 0.1) is 11.8 Å². The monoisotopic (exact) mass is 768 g/mol. The normalized spacial score (nSPS) is 19.0. The average molecular weight is 769 g/mol. The molecule has 1 saturated heterocycles. The fraction of sp³-hybridized carbons (Fsp3) is 0.615. The number of carbonyl (C=O) groups excluding carboxylic acids is 3. The molecule has 14 nitrogen and oxygen atoms in total. The van der Waals surface area contributed by atoms with Gasteiger partial charge in [-0.2, -0.15) is 4.98 Å². The van der Waals surface area contributed by atoms with E-state index in [4.69, 9.17) is 19.2 Å². The van der Waals surface area contributed by atoms with Gasteiger partial charge in [0.1, 0.15) is 39.2 Å². The Hall–Kier alpha value is -4.40. The number of carbonyl (C=O) groups is 3. The number of amides is 2. The van der Waals surface area contributed by atoms with Crippen molar-refractivity contribution in [2.45, 2.75) is 103 Å². The number of sulfone groups is 1. The predicted octanol–water partition coefficient (Wildman–Crippen LogP) is 5.63. The predicted molar refractivity (Wildman–Crippen MR) is 206 cm³/mol. The van der Waals surface area contributed by atoms with E-state index in [0.29, 0.717) is 56.5 Å². The maximum absolute atomic E-state index is 13.5. The molecule has 1 N–H and O–H groups in total. The van der Waals surface area contributed by atoms with Crippen molar-refractivity contribution in [1.82, 2.24) is 24.3 Å². The van der Waals surface area contributed by atoms with Crippen LogP contribution in [0.1, 0.15) is 79.6 Å². The maximum Gasteiger partial charge on any atom is 0.410 e. The Bertz CT molecular complexity index is 1870. The molecule has 0 radical (unpaired) electrons. The van der Waals surface area contributed by atoms with Gasteiger partial charge in [-0.15, -0.1) is 0 Å². The maximum atomic E-state index is 13.5. The first-order valence-corrected chi connectivity index (χ1v) is 21.0. The van der Waals surface area contributed by atoms with Crippen LogP contribution in [0.3, 0.4) is 0 Å². The van der Waals surface area contributed by atoms with E-state index in [1.807, 2.05) is 59.8 Å². The highest BCUT2D eigenvalue weighted by molar-refractivity contribution is 7.90. The van der Waals surface area contributed by atoms with E-state index in [-0.39, 0.29) is 35.6 Å². The van der Waals surface area contributed by atoms with Gasteiger partial charge < -0.3 is 29.0 Å². The van der Waals surface area contributed by atoms with Gasteiger partial charge in [0.05, 0.1) is 17.9 Å². The molecule has 54 heavy (non-hydrogen) atoms. The molecule has 1 atom stereocenters. The number of piperidine rings is 1. The summed E-state index contributed by atoms with van der Waals surface area (Å²) in [5.74, 6) is 1.46. The third-order valence-electron chi connectivity index (χ3n) is 9.92. The van der Waals surface area contributed by atoms with Gasteiger partial charge in [0.25, 0.3) is 0 Å². The summed E-state index contributed by atoms with van der Waals surface area (Å²) >= 11 is 0. The summed E-state index contributed by atoms with van der Waals surface area (Å²) in [6.07, 6.45) is 8.66. The molecule has 296 valence electrons. The highest BCUT2D eigenvalue weighted by Gasteiger charge is 2.37. The highest BCUT2D eigenvalue weighted by Crippen LogP contribution is 2.31. The van der Waals surface area contributed by atoms with Gasteiger partial charge in [0, 0.05) is 69.0 Å². The first-order chi connectivity index (χ1) is 25.5. The molecule has 1 saturated carbocycles. The molecule has 2 aromatic heterocycles. The summed E-state index contributed by atoms with van der Waals surface area (Å²) in [4.78, 5) is 51.9. The second-order valence-electron chi connectivity index (χ2n) is 15.9. The molecular formula is C39H56N6O8S. The van der Waals surface area contributed by atoms with E-state index in [0.717, 1.165) is 36.6 Å². The molecule has 0 unspecified atom stereocenters. The molecule has 2 fully saturated rings. The number of benzene rings is 1. The highest BCUT2D eigenvalue weighted by atomic mass is 32.2. The van der Waals surface area contributed by atoms with Gasteiger partial charge in [0.15, 0.2) is 0 Å². The summed E-state index contributed by atoms with van der Waals surface area (Å²) in [6, 6.07) is 8.92. The van der Waals surface area contributed by atoms with Crippen LogP contribution in [0.5, 0.6) is 5.75 Å². The van der Waals surface area contributed by atoms with Crippen molar-refractivity contribution >= 4 is 44.7 Å². The number of likely N-dealkylation sites (tertiary alicyclic amines) is 1. The fourth-order valence-corrected chi connectivity index (χ4v) is 7.84. The number of hydrogen-bond donors (Lipinski definition) is 1. The second-order valence-corrected chi connectivity index (χ2v) is 18.1. The van der Waals surface area contributed by atoms with Crippen molar-refractivity contribution in [1.29, 1.82) is 0 Å².